The van der Waals surface area contributed by atoms with Crippen molar-refractivity contribution in [2.75, 3.05) is 6.61 Å². The lowest BCUT2D eigenvalue weighted by Crippen LogP contribution is -2.06. The molecule has 1 atom stereocenters. The molecule has 0 radical (unpaired) electrons. The number of benzene rings is 2. The minimum absolute atomic E-state index is 0.261. The van der Waals surface area contributed by atoms with E-state index in [0.717, 1.165) is 49.2 Å². The van der Waals surface area contributed by atoms with E-state index >= 15 is 0 Å². The summed E-state index contributed by atoms with van der Waals surface area (Å²) < 4.78 is 5.75. The van der Waals surface area contributed by atoms with Crippen molar-refractivity contribution in [1.29, 1.82) is 0 Å². The summed E-state index contributed by atoms with van der Waals surface area (Å²) in [7, 11) is 0. The van der Waals surface area contributed by atoms with E-state index in [2.05, 4.69) is 21.7 Å². The molecule has 0 aliphatic carbocycles. The second-order valence-electron chi connectivity index (χ2n) is 6.46. The summed E-state index contributed by atoms with van der Waals surface area (Å²) in [4.78, 5) is 4.28. The minimum atomic E-state index is -0.261. The van der Waals surface area contributed by atoms with Crippen molar-refractivity contribution in [3.63, 3.8) is 0 Å². The third-order valence-corrected chi connectivity index (χ3v) is 4.20. The van der Waals surface area contributed by atoms with E-state index in [9.17, 15) is 0 Å². The van der Waals surface area contributed by atoms with Crippen molar-refractivity contribution in [1.82, 2.24) is 0 Å². The van der Waals surface area contributed by atoms with Crippen molar-refractivity contribution in [2.45, 2.75) is 45.1 Å². The predicted molar refractivity (Wildman–Crippen MR) is 108 cm³/mol. The van der Waals surface area contributed by atoms with E-state index in [1.807, 2.05) is 55.5 Å². The molecule has 2 rings (SSSR count). The highest BCUT2D eigenvalue weighted by Crippen LogP contribution is 2.21. The van der Waals surface area contributed by atoms with E-state index in [4.69, 9.17) is 9.99 Å². The summed E-state index contributed by atoms with van der Waals surface area (Å²) in [6.45, 7) is 6.34. The van der Waals surface area contributed by atoms with Gasteiger partial charge in [-0.15, -0.1) is 6.58 Å². The summed E-state index contributed by atoms with van der Waals surface area (Å²) in [5.74, 6) is 0.838. The highest BCUT2D eigenvalue weighted by Gasteiger charge is 2.02. The highest BCUT2D eigenvalue weighted by atomic mass is 17.1. The summed E-state index contributed by atoms with van der Waals surface area (Å²) in [5, 5.41) is 17.1. The lowest BCUT2D eigenvalue weighted by Gasteiger charge is -2.08. The molecule has 0 fully saturated rings. The fourth-order valence-electron chi connectivity index (χ4n) is 2.54. The molecule has 0 aliphatic rings. The molecule has 0 saturated heterocycles. The maximum absolute atomic E-state index is 8.61. The van der Waals surface area contributed by atoms with Crippen LogP contribution in [0.4, 0.5) is 11.4 Å². The van der Waals surface area contributed by atoms with Gasteiger partial charge in [-0.1, -0.05) is 43.0 Å². The average molecular weight is 368 g/mol. The molecule has 0 aliphatic heterocycles. The third kappa shape index (κ3) is 8.15. The Labute approximate surface area is 161 Å². The summed E-state index contributed by atoms with van der Waals surface area (Å²) in [5.41, 5.74) is 2.84. The van der Waals surface area contributed by atoms with Gasteiger partial charge < -0.3 is 4.74 Å². The van der Waals surface area contributed by atoms with Gasteiger partial charge in [0.25, 0.3) is 0 Å². The molecule has 0 saturated carbocycles. The molecule has 1 unspecified atom stereocenters. The molecule has 2 aromatic carbocycles. The van der Waals surface area contributed by atoms with Crippen molar-refractivity contribution < 1.29 is 14.9 Å². The molecule has 2 aromatic rings. The van der Waals surface area contributed by atoms with Crippen LogP contribution < -0.4 is 4.74 Å². The molecule has 5 heteroatoms. The predicted octanol–water partition coefficient (Wildman–Crippen LogP) is 6.78. The van der Waals surface area contributed by atoms with Gasteiger partial charge in [0, 0.05) is 0 Å². The van der Waals surface area contributed by atoms with Crippen molar-refractivity contribution in [3.8, 4) is 5.75 Å². The zero-order chi connectivity index (χ0) is 19.3. The molecule has 0 aromatic heterocycles. The Morgan fingerprint density at radius 1 is 0.926 bits per heavy atom. The Balaban J connectivity index is 1.64. The van der Waals surface area contributed by atoms with Crippen LogP contribution in [0, 0.1) is 6.92 Å². The topological polar surface area (TPSA) is 63.4 Å². The van der Waals surface area contributed by atoms with Crippen LogP contribution in [-0.2, 0) is 4.89 Å². The number of hydrogen-bond donors (Lipinski definition) is 1. The third-order valence-electron chi connectivity index (χ3n) is 4.20. The van der Waals surface area contributed by atoms with Crippen molar-refractivity contribution in [3.05, 3.63) is 66.7 Å². The first kappa shape index (κ1) is 20.8. The molecule has 1 N–H and O–H groups in total. The van der Waals surface area contributed by atoms with Crippen molar-refractivity contribution in [2.24, 2.45) is 10.2 Å². The maximum atomic E-state index is 8.61. The van der Waals surface area contributed by atoms with Gasteiger partial charge in [-0.3, -0.25) is 5.26 Å². The Morgan fingerprint density at radius 3 is 2.11 bits per heavy atom. The van der Waals surface area contributed by atoms with E-state index in [1.54, 1.807) is 6.08 Å². The molecule has 27 heavy (non-hydrogen) atoms. The monoisotopic (exact) mass is 368 g/mol. The molecule has 0 spiro atoms. The van der Waals surface area contributed by atoms with Gasteiger partial charge in [0.05, 0.1) is 18.0 Å². The fourth-order valence-corrected chi connectivity index (χ4v) is 2.54. The van der Waals surface area contributed by atoms with Gasteiger partial charge in [0.1, 0.15) is 11.9 Å². The van der Waals surface area contributed by atoms with Crippen molar-refractivity contribution >= 4 is 11.4 Å². The maximum Gasteiger partial charge on any atom is 0.119 e. The second-order valence-corrected chi connectivity index (χ2v) is 6.46. The van der Waals surface area contributed by atoms with Gasteiger partial charge in [-0.2, -0.15) is 10.2 Å². The van der Waals surface area contributed by atoms with Gasteiger partial charge in [0.15, 0.2) is 0 Å². The molecule has 0 heterocycles. The van der Waals surface area contributed by atoms with Crippen LogP contribution in [0.15, 0.2) is 71.4 Å². The van der Waals surface area contributed by atoms with E-state index < -0.39 is 0 Å². The van der Waals surface area contributed by atoms with Crippen LogP contribution in [0.2, 0.25) is 0 Å². The zero-order valence-electron chi connectivity index (χ0n) is 15.9. The summed E-state index contributed by atoms with van der Waals surface area (Å²) >= 11 is 0. The van der Waals surface area contributed by atoms with Crippen LogP contribution in [0.1, 0.15) is 37.7 Å². The first-order valence-electron chi connectivity index (χ1n) is 9.35. The number of unbranched alkanes of at least 4 members (excludes halogenated alkanes) is 3. The number of hydrogen-bond acceptors (Lipinski definition) is 5. The van der Waals surface area contributed by atoms with E-state index in [1.165, 1.54) is 5.56 Å². The SMILES string of the molecule is C=CC(CCCCCCOc1ccc(N=Nc2ccc(C)cc2)cc1)OO. The van der Waals surface area contributed by atoms with Crippen LogP contribution >= 0.6 is 0 Å². The molecule has 144 valence electrons. The lowest BCUT2D eigenvalue weighted by molar-refractivity contribution is -0.267. The second kappa shape index (κ2) is 12.0. The number of nitrogens with zero attached hydrogens (tertiary/aromatic N) is 2. The molecular formula is C22H28N2O3. The van der Waals surface area contributed by atoms with Gasteiger partial charge in [0.2, 0.25) is 0 Å². The quantitative estimate of drug-likeness (QED) is 0.148. The standard InChI is InChI=1S/C22H28N2O3/c1-3-21(27-25)8-6-4-5-7-17-26-22-15-13-20(14-16-22)24-23-19-11-9-18(2)10-12-19/h3,9-16,21,25H,1,4-8,17H2,2H3. The zero-order valence-corrected chi connectivity index (χ0v) is 15.9. The van der Waals surface area contributed by atoms with E-state index in [0.29, 0.717) is 6.61 Å². The number of rotatable bonds is 12. The van der Waals surface area contributed by atoms with Crippen LogP contribution in [0.5, 0.6) is 5.75 Å². The molecular weight excluding hydrogens is 340 g/mol. The largest absolute Gasteiger partial charge is 0.494 e. The Morgan fingerprint density at radius 2 is 1.52 bits per heavy atom. The lowest BCUT2D eigenvalue weighted by atomic mass is 10.1. The van der Waals surface area contributed by atoms with Crippen LogP contribution in [0.25, 0.3) is 0 Å². The highest BCUT2D eigenvalue weighted by molar-refractivity contribution is 5.43. The first-order chi connectivity index (χ1) is 13.2. The summed E-state index contributed by atoms with van der Waals surface area (Å²) in [6.07, 6.45) is 6.30. The smallest absolute Gasteiger partial charge is 0.119 e. The fraction of sp³-hybridized carbons (Fsp3) is 0.364. The number of aryl methyl sites for hydroxylation is 1. The summed E-state index contributed by atoms with van der Waals surface area (Å²) in [6, 6.07) is 15.6. The number of azo groups is 1. The minimum Gasteiger partial charge on any atom is -0.494 e. The van der Waals surface area contributed by atoms with Crippen LogP contribution in [0.3, 0.4) is 0 Å². The Bertz CT molecular complexity index is 697. The average Bonchev–Trinajstić information content (AvgIpc) is 2.70. The molecule has 0 amide bonds. The molecule has 0 bridgehead atoms. The first-order valence-corrected chi connectivity index (χ1v) is 9.35. The molecule has 5 nitrogen and oxygen atoms in total. The Hall–Kier alpha value is -2.50. The van der Waals surface area contributed by atoms with Gasteiger partial charge in [-0.25, -0.2) is 4.89 Å². The Kier molecular flexibility index (Phi) is 9.24. The van der Waals surface area contributed by atoms with Gasteiger partial charge >= 0.3 is 0 Å². The van der Waals surface area contributed by atoms with Crippen LogP contribution in [-0.4, -0.2) is 18.0 Å². The normalized spacial score (nSPS) is 12.2. The van der Waals surface area contributed by atoms with Gasteiger partial charge in [-0.05, 0) is 56.2 Å². The van der Waals surface area contributed by atoms with E-state index in [-0.39, 0.29) is 6.10 Å². The number of ether oxygens (including phenoxy) is 1.